The van der Waals surface area contributed by atoms with Gasteiger partial charge in [-0.3, -0.25) is 9.59 Å². The van der Waals surface area contributed by atoms with Gasteiger partial charge < -0.3 is 33.5 Å². The number of hydrogen-bond donors (Lipinski definition) is 1. The number of carbonyl (C=O) groups is 2. The van der Waals surface area contributed by atoms with Crippen LogP contribution in [0.25, 0.3) is 0 Å². The molecule has 9 nitrogen and oxygen atoms in total. The van der Waals surface area contributed by atoms with Crippen LogP contribution in [-0.4, -0.2) is 73.9 Å². The first-order valence-corrected chi connectivity index (χ1v) is 10.2. The zero-order valence-electron chi connectivity index (χ0n) is 18.2. The molecule has 0 radical (unpaired) electrons. The van der Waals surface area contributed by atoms with Crippen LogP contribution in [0, 0.1) is 0 Å². The van der Waals surface area contributed by atoms with Gasteiger partial charge in [0.15, 0.2) is 11.6 Å². The number of carbonyl (C=O) groups excluding carboxylic acids is 2. The van der Waals surface area contributed by atoms with Crippen molar-refractivity contribution in [1.29, 1.82) is 0 Å². The van der Waals surface area contributed by atoms with Crippen LogP contribution < -0.4 is 0 Å². The Balaban J connectivity index is 0.000000291. The lowest BCUT2D eigenvalue weighted by molar-refractivity contribution is -0.170. The highest BCUT2D eigenvalue weighted by Crippen LogP contribution is 2.28. The molecule has 2 heterocycles. The monoisotopic (exact) mass is 420 g/mol. The number of rotatable bonds is 9. The van der Waals surface area contributed by atoms with Gasteiger partial charge in [0.25, 0.3) is 0 Å². The largest absolute Gasteiger partial charge is 0.466 e. The van der Waals surface area contributed by atoms with E-state index in [0.29, 0.717) is 45.7 Å². The third-order valence-electron chi connectivity index (χ3n) is 4.45. The predicted octanol–water partition coefficient (Wildman–Crippen LogP) is 1.93. The molecule has 29 heavy (non-hydrogen) atoms. The molecule has 170 valence electrons. The Morgan fingerprint density at radius 2 is 1.41 bits per heavy atom. The Morgan fingerprint density at radius 3 is 1.79 bits per heavy atom. The van der Waals surface area contributed by atoms with Gasteiger partial charge in [-0.25, -0.2) is 0 Å². The summed E-state index contributed by atoms with van der Waals surface area (Å²) in [6, 6.07) is 0. The average Bonchev–Trinajstić information content (AvgIpc) is 3.22. The van der Waals surface area contributed by atoms with E-state index in [1.807, 2.05) is 13.8 Å². The molecule has 2 rings (SSSR count). The minimum Gasteiger partial charge on any atom is -0.466 e. The topological polar surface area (TPSA) is 110 Å². The average molecular weight is 420 g/mol. The van der Waals surface area contributed by atoms with Crippen LogP contribution in [0.2, 0.25) is 0 Å². The second kappa shape index (κ2) is 12.4. The minimum atomic E-state index is -0.764. The van der Waals surface area contributed by atoms with Crippen LogP contribution in [0.3, 0.4) is 0 Å². The number of esters is 2. The fourth-order valence-electron chi connectivity index (χ4n) is 2.95. The van der Waals surface area contributed by atoms with E-state index < -0.39 is 11.6 Å². The molecule has 1 N–H and O–H groups in total. The van der Waals surface area contributed by atoms with Crippen LogP contribution in [-0.2, 0) is 38.0 Å². The van der Waals surface area contributed by atoms with Crippen LogP contribution in [0.1, 0.15) is 60.3 Å². The lowest BCUT2D eigenvalue weighted by Gasteiger charge is -2.22. The third-order valence-corrected chi connectivity index (χ3v) is 4.45. The molecule has 0 spiro atoms. The van der Waals surface area contributed by atoms with Gasteiger partial charge >= 0.3 is 11.9 Å². The Kier molecular flexibility index (Phi) is 11.1. The van der Waals surface area contributed by atoms with Gasteiger partial charge in [-0.15, -0.1) is 0 Å². The van der Waals surface area contributed by atoms with E-state index >= 15 is 0 Å². The smallest absolute Gasteiger partial charge is 0.305 e. The van der Waals surface area contributed by atoms with Crippen molar-refractivity contribution in [2.75, 3.05) is 33.0 Å². The van der Waals surface area contributed by atoms with E-state index in [2.05, 4.69) is 0 Å². The Bertz CT molecular complexity index is 512. The molecule has 2 aliphatic heterocycles. The van der Waals surface area contributed by atoms with Crippen molar-refractivity contribution in [3.63, 3.8) is 0 Å². The van der Waals surface area contributed by atoms with Gasteiger partial charge in [-0.2, -0.15) is 0 Å². The van der Waals surface area contributed by atoms with E-state index in [1.165, 1.54) is 0 Å². The number of hydrogen-bond acceptors (Lipinski definition) is 9. The van der Waals surface area contributed by atoms with Crippen molar-refractivity contribution in [2.45, 2.75) is 84.1 Å². The first kappa shape index (κ1) is 25.8. The Labute approximate surface area is 172 Å². The van der Waals surface area contributed by atoms with Gasteiger partial charge in [0.1, 0.15) is 6.10 Å². The fourth-order valence-corrected chi connectivity index (χ4v) is 2.95. The van der Waals surface area contributed by atoms with Crippen LogP contribution >= 0.6 is 0 Å². The maximum Gasteiger partial charge on any atom is 0.305 e. The summed E-state index contributed by atoms with van der Waals surface area (Å²) in [6.07, 6.45) is 1.44. The SMILES string of the molecule is CCOC(=O)CCC1(C)OCC(C)O1.CCOC(=O)CCC1(C)OCC(CO)O1. The van der Waals surface area contributed by atoms with Gasteiger partial charge in [0, 0.05) is 12.8 Å². The van der Waals surface area contributed by atoms with Crippen molar-refractivity contribution >= 4 is 11.9 Å². The van der Waals surface area contributed by atoms with Crippen molar-refractivity contribution in [1.82, 2.24) is 0 Å². The van der Waals surface area contributed by atoms with Crippen LogP contribution in [0.15, 0.2) is 0 Å². The van der Waals surface area contributed by atoms with E-state index in [0.717, 1.165) is 0 Å². The summed E-state index contributed by atoms with van der Waals surface area (Å²) >= 11 is 0. The van der Waals surface area contributed by atoms with E-state index in [-0.39, 0.29) is 37.2 Å². The van der Waals surface area contributed by atoms with E-state index in [4.69, 9.17) is 33.5 Å². The van der Waals surface area contributed by atoms with Crippen molar-refractivity contribution in [3.8, 4) is 0 Å². The molecule has 2 saturated heterocycles. The number of aliphatic hydroxyl groups excluding tert-OH is 1. The first-order valence-electron chi connectivity index (χ1n) is 10.2. The van der Waals surface area contributed by atoms with Gasteiger partial charge in [-0.05, 0) is 34.6 Å². The summed E-state index contributed by atoms with van der Waals surface area (Å²) in [5.74, 6) is -1.81. The summed E-state index contributed by atoms with van der Waals surface area (Å²) in [5.41, 5.74) is 0. The maximum absolute atomic E-state index is 11.1. The molecular formula is C20H36O9. The molecule has 0 aromatic heterocycles. The summed E-state index contributed by atoms with van der Waals surface area (Å²) in [4.78, 5) is 22.2. The molecule has 0 aromatic carbocycles. The standard InChI is InChI=1S/C10H18O5.C10H18O4/c1-3-13-9(12)4-5-10(2)14-7-8(6-11)15-10;1-4-12-9(11)5-6-10(3)13-7-8(2)14-10/h8,11H,3-7H2,1-2H3;8H,4-7H2,1-3H3. The molecule has 0 saturated carbocycles. The fraction of sp³-hybridized carbons (Fsp3) is 0.900. The van der Waals surface area contributed by atoms with Gasteiger partial charge in [-0.1, -0.05) is 0 Å². The highest BCUT2D eigenvalue weighted by atomic mass is 16.8. The van der Waals surface area contributed by atoms with Crippen molar-refractivity contribution in [2.24, 2.45) is 0 Å². The number of ether oxygens (including phenoxy) is 6. The predicted molar refractivity (Wildman–Crippen MR) is 103 cm³/mol. The Morgan fingerprint density at radius 1 is 0.931 bits per heavy atom. The van der Waals surface area contributed by atoms with Gasteiger partial charge in [0.2, 0.25) is 0 Å². The second-order valence-electron chi connectivity index (χ2n) is 7.35. The van der Waals surface area contributed by atoms with Crippen LogP contribution in [0.4, 0.5) is 0 Å². The van der Waals surface area contributed by atoms with E-state index in [9.17, 15) is 9.59 Å². The maximum atomic E-state index is 11.1. The molecule has 2 aliphatic rings. The molecule has 0 bridgehead atoms. The number of aliphatic hydroxyl groups is 1. The second-order valence-corrected chi connectivity index (χ2v) is 7.35. The molecule has 9 heteroatoms. The lowest BCUT2D eigenvalue weighted by Crippen LogP contribution is -2.28. The molecule has 0 aromatic rings. The molecule has 4 unspecified atom stereocenters. The molecule has 4 atom stereocenters. The van der Waals surface area contributed by atoms with Gasteiger partial charge in [0.05, 0.1) is 52.0 Å². The van der Waals surface area contributed by atoms with E-state index in [1.54, 1.807) is 20.8 Å². The molecule has 2 fully saturated rings. The first-order chi connectivity index (χ1) is 13.6. The third kappa shape index (κ3) is 9.86. The van der Waals surface area contributed by atoms with Crippen molar-refractivity contribution < 1.29 is 43.1 Å². The molecular weight excluding hydrogens is 384 g/mol. The normalized spacial score (nSPS) is 31.1. The minimum absolute atomic E-state index is 0.0605. The summed E-state index contributed by atoms with van der Waals surface area (Å²) < 4.78 is 31.5. The summed E-state index contributed by atoms with van der Waals surface area (Å²) in [6.45, 7) is 10.9. The molecule has 0 amide bonds. The summed E-state index contributed by atoms with van der Waals surface area (Å²) in [7, 11) is 0. The van der Waals surface area contributed by atoms with Crippen molar-refractivity contribution in [3.05, 3.63) is 0 Å². The zero-order valence-corrected chi connectivity index (χ0v) is 18.2. The molecule has 0 aliphatic carbocycles. The summed E-state index contributed by atoms with van der Waals surface area (Å²) in [5, 5.41) is 8.86. The Hall–Kier alpha value is -1.26. The quantitative estimate of drug-likeness (QED) is 0.560. The van der Waals surface area contributed by atoms with Crippen LogP contribution in [0.5, 0.6) is 0 Å². The highest BCUT2D eigenvalue weighted by molar-refractivity contribution is 5.69. The lowest BCUT2D eigenvalue weighted by atomic mass is 10.2. The highest BCUT2D eigenvalue weighted by Gasteiger charge is 2.37. The zero-order chi connectivity index (χ0) is 21.9.